The third kappa shape index (κ3) is 5.43. The van der Waals surface area contributed by atoms with Crippen molar-refractivity contribution in [3.8, 4) is 6.07 Å². The molecule has 0 aliphatic rings. The van der Waals surface area contributed by atoms with Gasteiger partial charge in [-0.2, -0.15) is 5.26 Å². The Morgan fingerprint density at radius 1 is 1.27 bits per heavy atom. The summed E-state index contributed by atoms with van der Waals surface area (Å²) >= 11 is 0. The van der Waals surface area contributed by atoms with Gasteiger partial charge in [0.25, 0.3) is 11.5 Å². The van der Waals surface area contributed by atoms with Crippen molar-refractivity contribution in [1.29, 1.82) is 5.26 Å². The number of benzene rings is 1. The lowest BCUT2D eigenvalue weighted by Crippen LogP contribution is -2.31. The SMILES string of the molecule is CCOCCCNC(=O)/C(=C/c1ccc(C#N)cc1)n1ccccc1=O. The van der Waals surface area contributed by atoms with E-state index in [0.717, 1.165) is 5.56 Å². The number of rotatable bonds is 8. The second-order valence-electron chi connectivity index (χ2n) is 5.48. The van der Waals surface area contributed by atoms with Crippen molar-refractivity contribution in [2.45, 2.75) is 13.3 Å². The standard InChI is InChI=1S/C20H21N3O3/c1-2-26-13-5-11-22-20(25)18(23-12-4-3-6-19(23)24)14-16-7-9-17(15-21)10-8-16/h3-4,6-10,12,14H,2,5,11,13H2,1H3,(H,22,25)/b18-14-. The van der Waals surface area contributed by atoms with Crippen LogP contribution in [0, 0.1) is 11.3 Å². The minimum absolute atomic E-state index is 0.219. The van der Waals surface area contributed by atoms with Crippen LogP contribution in [0.5, 0.6) is 0 Å². The van der Waals surface area contributed by atoms with Crippen LogP contribution in [-0.4, -0.2) is 30.2 Å². The van der Waals surface area contributed by atoms with E-state index in [2.05, 4.69) is 5.32 Å². The first-order chi connectivity index (χ1) is 12.7. The largest absolute Gasteiger partial charge is 0.382 e. The molecule has 0 aliphatic carbocycles. The number of amides is 1. The Kier molecular flexibility index (Phi) is 7.34. The van der Waals surface area contributed by atoms with Gasteiger partial charge in [-0.05, 0) is 43.2 Å². The molecule has 0 atom stereocenters. The monoisotopic (exact) mass is 351 g/mol. The van der Waals surface area contributed by atoms with Crippen molar-refractivity contribution in [3.63, 3.8) is 0 Å². The van der Waals surface area contributed by atoms with Crippen LogP contribution in [0.2, 0.25) is 0 Å². The molecule has 0 spiro atoms. The van der Waals surface area contributed by atoms with Gasteiger partial charge in [0.2, 0.25) is 0 Å². The normalized spacial score (nSPS) is 11.0. The highest BCUT2D eigenvalue weighted by Crippen LogP contribution is 2.12. The van der Waals surface area contributed by atoms with Crippen LogP contribution in [0.4, 0.5) is 0 Å². The maximum Gasteiger partial charge on any atom is 0.268 e. The Bertz CT molecular complexity index is 861. The van der Waals surface area contributed by atoms with Gasteiger partial charge in [0.15, 0.2) is 0 Å². The molecule has 6 heteroatoms. The first kappa shape index (κ1) is 19.2. The third-order valence-electron chi connectivity index (χ3n) is 3.61. The van der Waals surface area contributed by atoms with Crippen molar-refractivity contribution >= 4 is 17.7 Å². The fourth-order valence-corrected chi connectivity index (χ4v) is 2.29. The van der Waals surface area contributed by atoms with Crippen molar-refractivity contribution in [2.75, 3.05) is 19.8 Å². The van der Waals surface area contributed by atoms with E-state index in [1.54, 1.807) is 48.7 Å². The highest BCUT2D eigenvalue weighted by atomic mass is 16.5. The molecule has 0 unspecified atom stereocenters. The zero-order chi connectivity index (χ0) is 18.8. The third-order valence-corrected chi connectivity index (χ3v) is 3.61. The summed E-state index contributed by atoms with van der Waals surface area (Å²) in [6.07, 6.45) is 3.87. The summed E-state index contributed by atoms with van der Waals surface area (Å²) in [5.74, 6) is -0.348. The molecule has 1 aromatic heterocycles. The van der Waals surface area contributed by atoms with Gasteiger partial charge in [-0.3, -0.25) is 14.2 Å². The molecule has 0 saturated heterocycles. The smallest absolute Gasteiger partial charge is 0.268 e. The minimum atomic E-state index is -0.348. The number of carbonyl (C=O) groups excluding carboxylic acids is 1. The summed E-state index contributed by atoms with van der Waals surface area (Å²) in [7, 11) is 0. The number of ether oxygens (including phenoxy) is 1. The molecule has 6 nitrogen and oxygen atoms in total. The van der Waals surface area contributed by atoms with Gasteiger partial charge >= 0.3 is 0 Å². The first-order valence-electron chi connectivity index (χ1n) is 8.41. The van der Waals surface area contributed by atoms with Crippen LogP contribution >= 0.6 is 0 Å². The zero-order valence-electron chi connectivity index (χ0n) is 14.6. The number of carbonyl (C=O) groups is 1. The predicted octanol–water partition coefficient (Wildman–Crippen LogP) is 2.26. The van der Waals surface area contributed by atoms with Crippen molar-refractivity contribution in [3.05, 3.63) is 70.1 Å². The summed E-state index contributed by atoms with van der Waals surface area (Å²) in [6.45, 7) is 3.57. The summed E-state index contributed by atoms with van der Waals surface area (Å²) in [4.78, 5) is 24.8. The first-order valence-corrected chi connectivity index (χ1v) is 8.41. The summed E-state index contributed by atoms with van der Waals surface area (Å²) in [5, 5.41) is 11.7. The molecule has 0 bridgehead atoms. The van der Waals surface area contributed by atoms with E-state index in [9.17, 15) is 9.59 Å². The maximum absolute atomic E-state index is 12.6. The second-order valence-corrected chi connectivity index (χ2v) is 5.48. The van der Waals surface area contributed by atoms with E-state index in [-0.39, 0.29) is 17.2 Å². The van der Waals surface area contributed by atoms with Crippen LogP contribution in [0.3, 0.4) is 0 Å². The lowest BCUT2D eigenvalue weighted by Gasteiger charge is -2.11. The molecule has 2 rings (SSSR count). The Morgan fingerprint density at radius 2 is 2.04 bits per heavy atom. The van der Waals surface area contributed by atoms with E-state index in [0.29, 0.717) is 31.7 Å². The van der Waals surface area contributed by atoms with Crippen LogP contribution in [0.15, 0.2) is 53.5 Å². The van der Waals surface area contributed by atoms with Gasteiger partial charge in [-0.1, -0.05) is 18.2 Å². The molecule has 1 aromatic carbocycles. The van der Waals surface area contributed by atoms with Crippen molar-refractivity contribution in [2.24, 2.45) is 0 Å². The van der Waals surface area contributed by atoms with Gasteiger partial charge in [0, 0.05) is 32.0 Å². The van der Waals surface area contributed by atoms with E-state index < -0.39 is 0 Å². The van der Waals surface area contributed by atoms with E-state index in [4.69, 9.17) is 10.00 Å². The van der Waals surface area contributed by atoms with Gasteiger partial charge in [0.1, 0.15) is 5.70 Å². The van der Waals surface area contributed by atoms with Crippen LogP contribution in [0.1, 0.15) is 24.5 Å². The molecule has 1 N–H and O–H groups in total. The lowest BCUT2D eigenvalue weighted by atomic mass is 10.1. The molecule has 0 aliphatic heterocycles. The number of nitrogens with one attached hydrogen (secondary N) is 1. The van der Waals surface area contributed by atoms with E-state index in [1.807, 2.05) is 13.0 Å². The molecule has 1 amide bonds. The molecule has 0 saturated carbocycles. The topological polar surface area (TPSA) is 84.1 Å². The number of hydrogen-bond donors (Lipinski definition) is 1. The minimum Gasteiger partial charge on any atom is -0.382 e. The Balaban J connectivity index is 2.26. The van der Waals surface area contributed by atoms with Gasteiger partial charge in [0.05, 0.1) is 11.6 Å². The van der Waals surface area contributed by atoms with Crippen molar-refractivity contribution in [1.82, 2.24) is 9.88 Å². The summed E-state index contributed by atoms with van der Waals surface area (Å²) < 4.78 is 6.55. The fraction of sp³-hybridized carbons (Fsp3) is 0.250. The molecular formula is C20H21N3O3. The molecule has 134 valence electrons. The number of pyridine rings is 1. The summed E-state index contributed by atoms with van der Waals surface area (Å²) in [5.41, 5.74) is 1.17. The van der Waals surface area contributed by atoms with Gasteiger partial charge in [-0.15, -0.1) is 0 Å². The zero-order valence-corrected chi connectivity index (χ0v) is 14.6. The predicted molar refractivity (Wildman–Crippen MR) is 100 cm³/mol. The Labute approximate surface area is 152 Å². The number of nitriles is 1. The molecule has 1 heterocycles. The highest BCUT2D eigenvalue weighted by molar-refractivity contribution is 6.18. The highest BCUT2D eigenvalue weighted by Gasteiger charge is 2.12. The molecular weight excluding hydrogens is 330 g/mol. The molecule has 26 heavy (non-hydrogen) atoms. The molecule has 0 fully saturated rings. The van der Waals surface area contributed by atoms with E-state index in [1.165, 1.54) is 10.6 Å². The Hall–Kier alpha value is -3.17. The number of nitrogens with zero attached hydrogens (tertiary/aromatic N) is 2. The average Bonchev–Trinajstić information content (AvgIpc) is 2.67. The van der Waals surface area contributed by atoms with Crippen molar-refractivity contribution < 1.29 is 9.53 Å². The van der Waals surface area contributed by atoms with Gasteiger partial charge in [-0.25, -0.2) is 0 Å². The fourth-order valence-electron chi connectivity index (χ4n) is 2.29. The maximum atomic E-state index is 12.6. The lowest BCUT2D eigenvalue weighted by molar-refractivity contribution is -0.116. The van der Waals surface area contributed by atoms with Crippen LogP contribution in [-0.2, 0) is 9.53 Å². The molecule has 0 radical (unpaired) electrons. The number of hydrogen-bond acceptors (Lipinski definition) is 4. The molecule has 2 aromatic rings. The van der Waals surface area contributed by atoms with Crippen LogP contribution in [0.25, 0.3) is 11.8 Å². The van der Waals surface area contributed by atoms with Crippen LogP contribution < -0.4 is 10.9 Å². The number of aromatic nitrogens is 1. The summed E-state index contributed by atoms with van der Waals surface area (Å²) in [6, 6.07) is 13.6. The van der Waals surface area contributed by atoms with Gasteiger partial charge < -0.3 is 10.1 Å². The van der Waals surface area contributed by atoms with E-state index >= 15 is 0 Å². The Morgan fingerprint density at radius 3 is 2.69 bits per heavy atom. The average molecular weight is 351 g/mol. The quantitative estimate of drug-likeness (QED) is 0.584. The second kappa shape index (κ2) is 9.97.